The van der Waals surface area contributed by atoms with Crippen LogP contribution in [0.3, 0.4) is 0 Å². The Kier molecular flexibility index (Phi) is 3.79. The number of carbonyl (C=O) groups excluding carboxylic acids is 1. The molecule has 0 unspecified atom stereocenters. The van der Waals surface area contributed by atoms with Crippen molar-refractivity contribution in [1.29, 1.82) is 0 Å². The van der Waals surface area contributed by atoms with E-state index in [9.17, 15) is 14.9 Å². The first-order chi connectivity index (χ1) is 9.54. The van der Waals surface area contributed by atoms with Gasteiger partial charge < -0.3 is 5.32 Å². The molecule has 104 valence electrons. The molecular weight excluding hydrogens is 260 g/mol. The van der Waals surface area contributed by atoms with Crippen LogP contribution in [0.25, 0.3) is 0 Å². The Balaban J connectivity index is 2.33. The zero-order chi connectivity index (χ0) is 14.7. The average Bonchev–Trinajstić information content (AvgIpc) is 2.81. The number of para-hydroxylation sites is 1. The highest BCUT2D eigenvalue weighted by Crippen LogP contribution is 2.21. The molecule has 0 bridgehead atoms. The zero-order valence-electron chi connectivity index (χ0n) is 11.2. The van der Waals surface area contributed by atoms with Crippen LogP contribution in [0.2, 0.25) is 0 Å². The Morgan fingerprint density at radius 3 is 2.80 bits per heavy atom. The summed E-state index contributed by atoms with van der Waals surface area (Å²) >= 11 is 0. The molecule has 0 fully saturated rings. The summed E-state index contributed by atoms with van der Waals surface area (Å²) in [6.07, 6.45) is 1.82. The van der Waals surface area contributed by atoms with E-state index in [1.807, 2.05) is 19.1 Å². The Bertz CT molecular complexity index is 663. The summed E-state index contributed by atoms with van der Waals surface area (Å²) in [6, 6.07) is 7.33. The monoisotopic (exact) mass is 274 g/mol. The lowest BCUT2D eigenvalue weighted by Gasteiger charge is -2.09. The van der Waals surface area contributed by atoms with Gasteiger partial charge in [-0.3, -0.25) is 19.6 Å². The van der Waals surface area contributed by atoms with E-state index in [-0.39, 0.29) is 11.4 Å². The Labute approximate surface area is 115 Å². The van der Waals surface area contributed by atoms with Crippen LogP contribution in [0.5, 0.6) is 0 Å². The van der Waals surface area contributed by atoms with Crippen LogP contribution < -0.4 is 5.32 Å². The molecule has 2 aromatic rings. The van der Waals surface area contributed by atoms with Crippen molar-refractivity contribution in [2.75, 3.05) is 5.32 Å². The number of nitrogens with one attached hydrogen (secondary N) is 1. The second kappa shape index (κ2) is 5.52. The summed E-state index contributed by atoms with van der Waals surface area (Å²) in [5.41, 5.74) is 1.24. The molecule has 0 spiro atoms. The molecule has 7 heteroatoms. The van der Waals surface area contributed by atoms with E-state index in [1.54, 1.807) is 12.1 Å². The van der Waals surface area contributed by atoms with Crippen LogP contribution >= 0.6 is 0 Å². The number of hydrogen-bond donors (Lipinski definition) is 1. The minimum atomic E-state index is -0.617. The second-order valence-corrected chi connectivity index (χ2v) is 4.22. The van der Waals surface area contributed by atoms with Crippen LogP contribution in [0.1, 0.15) is 23.0 Å². The number of aryl methyl sites for hydroxylation is 2. The van der Waals surface area contributed by atoms with Gasteiger partial charge in [-0.25, -0.2) is 0 Å². The van der Waals surface area contributed by atoms with Gasteiger partial charge >= 0.3 is 5.69 Å². The largest absolute Gasteiger partial charge is 0.320 e. The van der Waals surface area contributed by atoms with Gasteiger partial charge in [0.1, 0.15) is 6.20 Å². The molecule has 0 atom stereocenters. The van der Waals surface area contributed by atoms with Gasteiger partial charge in [-0.2, -0.15) is 5.10 Å². The molecule has 0 saturated heterocycles. The Hall–Kier alpha value is -2.70. The molecular formula is C13H14N4O3. The van der Waals surface area contributed by atoms with Crippen molar-refractivity contribution >= 4 is 17.3 Å². The van der Waals surface area contributed by atoms with E-state index in [4.69, 9.17) is 0 Å². The quantitative estimate of drug-likeness (QED) is 0.683. The number of rotatable bonds is 4. The third-order valence-corrected chi connectivity index (χ3v) is 2.98. The lowest BCUT2D eigenvalue weighted by molar-refractivity contribution is -0.385. The molecule has 0 radical (unpaired) electrons. The fourth-order valence-electron chi connectivity index (χ4n) is 1.95. The highest BCUT2D eigenvalue weighted by molar-refractivity contribution is 6.06. The standard InChI is InChI=1S/C13H14N4O3/c1-3-9-6-4-5-7-10(9)15-13(18)12-11(17(19)20)8-14-16(12)2/h4-8H,3H2,1-2H3,(H,15,18). The van der Waals surface area contributed by atoms with Crippen LogP contribution in [0.4, 0.5) is 11.4 Å². The topological polar surface area (TPSA) is 90.1 Å². The van der Waals surface area contributed by atoms with Crippen LogP contribution in [-0.4, -0.2) is 20.6 Å². The number of anilines is 1. The van der Waals surface area contributed by atoms with Crippen molar-refractivity contribution in [3.8, 4) is 0 Å². The van der Waals surface area contributed by atoms with E-state index >= 15 is 0 Å². The maximum atomic E-state index is 12.2. The third-order valence-electron chi connectivity index (χ3n) is 2.98. The van der Waals surface area contributed by atoms with E-state index in [1.165, 1.54) is 11.7 Å². The number of nitrogens with zero attached hydrogens (tertiary/aromatic N) is 3. The van der Waals surface area contributed by atoms with Crippen molar-refractivity contribution in [2.45, 2.75) is 13.3 Å². The highest BCUT2D eigenvalue weighted by atomic mass is 16.6. The predicted molar refractivity (Wildman–Crippen MR) is 73.6 cm³/mol. The van der Waals surface area contributed by atoms with E-state index in [0.29, 0.717) is 5.69 Å². The van der Waals surface area contributed by atoms with Gasteiger partial charge in [0.25, 0.3) is 5.91 Å². The number of benzene rings is 1. The smallest absolute Gasteiger partial charge is 0.320 e. The van der Waals surface area contributed by atoms with E-state index in [2.05, 4.69) is 10.4 Å². The van der Waals surface area contributed by atoms with E-state index < -0.39 is 10.8 Å². The Morgan fingerprint density at radius 1 is 1.45 bits per heavy atom. The van der Waals surface area contributed by atoms with Crippen molar-refractivity contribution in [2.24, 2.45) is 7.05 Å². The second-order valence-electron chi connectivity index (χ2n) is 4.22. The summed E-state index contributed by atoms with van der Waals surface area (Å²) in [7, 11) is 1.49. The third kappa shape index (κ3) is 2.51. The minimum absolute atomic E-state index is 0.0686. The fraction of sp³-hybridized carbons (Fsp3) is 0.231. The molecule has 2 rings (SSSR count). The van der Waals surface area contributed by atoms with Gasteiger partial charge in [0.15, 0.2) is 0 Å². The van der Waals surface area contributed by atoms with Crippen molar-refractivity contribution < 1.29 is 9.72 Å². The molecule has 7 nitrogen and oxygen atoms in total. The summed E-state index contributed by atoms with van der Waals surface area (Å²) < 4.78 is 1.20. The molecule has 0 aliphatic carbocycles. The number of aromatic nitrogens is 2. The summed E-state index contributed by atoms with van der Waals surface area (Å²) in [6.45, 7) is 1.97. The van der Waals surface area contributed by atoms with E-state index in [0.717, 1.165) is 18.2 Å². The summed E-state index contributed by atoms with van der Waals surface area (Å²) in [4.78, 5) is 22.5. The lowest BCUT2D eigenvalue weighted by Crippen LogP contribution is -2.18. The van der Waals surface area contributed by atoms with Gasteiger partial charge in [0.05, 0.1) is 4.92 Å². The average molecular weight is 274 g/mol. The van der Waals surface area contributed by atoms with Gasteiger partial charge in [0, 0.05) is 12.7 Å². The zero-order valence-corrected chi connectivity index (χ0v) is 11.2. The molecule has 1 aromatic carbocycles. The molecule has 20 heavy (non-hydrogen) atoms. The van der Waals surface area contributed by atoms with Crippen LogP contribution in [0, 0.1) is 10.1 Å². The minimum Gasteiger partial charge on any atom is -0.320 e. The number of amides is 1. The SMILES string of the molecule is CCc1ccccc1NC(=O)c1c([N+](=O)[O-])cnn1C. The lowest BCUT2D eigenvalue weighted by atomic mass is 10.1. The van der Waals surface area contributed by atoms with Gasteiger partial charge in [0.2, 0.25) is 5.69 Å². The first-order valence-corrected chi connectivity index (χ1v) is 6.10. The van der Waals surface area contributed by atoms with Crippen LogP contribution in [0.15, 0.2) is 30.5 Å². The molecule has 1 N–H and O–H groups in total. The maximum absolute atomic E-state index is 12.2. The molecule has 1 heterocycles. The summed E-state index contributed by atoms with van der Waals surface area (Å²) in [5.74, 6) is -0.544. The Morgan fingerprint density at radius 2 is 2.15 bits per heavy atom. The molecule has 0 aliphatic heterocycles. The molecule has 0 aliphatic rings. The molecule has 1 aromatic heterocycles. The number of nitro groups is 1. The maximum Gasteiger partial charge on any atom is 0.320 e. The molecule has 0 saturated carbocycles. The van der Waals surface area contributed by atoms with Crippen LogP contribution in [-0.2, 0) is 13.5 Å². The number of carbonyl (C=O) groups is 1. The summed E-state index contributed by atoms with van der Waals surface area (Å²) in [5, 5.41) is 17.3. The predicted octanol–water partition coefficient (Wildman–Crippen LogP) is 2.14. The van der Waals surface area contributed by atoms with Gasteiger partial charge in [-0.1, -0.05) is 25.1 Å². The van der Waals surface area contributed by atoms with Gasteiger partial charge in [-0.05, 0) is 18.1 Å². The first kappa shape index (κ1) is 13.7. The van der Waals surface area contributed by atoms with Crippen molar-refractivity contribution in [3.05, 3.63) is 51.8 Å². The first-order valence-electron chi connectivity index (χ1n) is 6.10. The molecule has 1 amide bonds. The number of hydrogen-bond acceptors (Lipinski definition) is 4. The highest BCUT2D eigenvalue weighted by Gasteiger charge is 2.25. The fourth-order valence-corrected chi connectivity index (χ4v) is 1.95. The van der Waals surface area contributed by atoms with Gasteiger partial charge in [-0.15, -0.1) is 0 Å². The van der Waals surface area contributed by atoms with Crippen molar-refractivity contribution in [3.63, 3.8) is 0 Å². The normalized spacial score (nSPS) is 10.3. The van der Waals surface area contributed by atoms with Crippen molar-refractivity contribution in [1.82, 2.24) is 9.78 Å².